The quantitative estimate of drug-likeness (QED) is 0.786. The van der Waals surface area contributed by atoms with E-state index in [-0.39, 0.29) is 18.7 Å². The molecule has 1 aliphatic rings. The Morgan fingerprint density at radius 1 is 1.07 bits per heavy atom. The maximum Gasteiger partial charge on any atom is 0.338 e. The number of benzene rings is 2. The van der Waals surface area contributed by atoms with E-state index in [1.54, 1.807) is 12.1 Å². The molecule has 1 aliphatic heterocycles. The van der Waals surface area contributed by atoms with Crippen molar-refractivity contribution in [2.24, 2.45) is 0 Å². The molecule has 7 heteroatoms. The van der Waals surface area contributed by atoms with Gasteiger partial charge < -0.3 is 19.5 Å². The van der Waals surface area contributed by atoms with E-state index in [0.717, 1.165) is 11.1 Å². The molecule has 0 spiro atoms. The molecule has 0 fully saturated rings. The fourth-order valence-corrected chi connectivity index (χ4v) is 3.17. The molecule has 0 bridgehead atoms. The van der Waals surface area contributed by atoms with Crippen LogP contribution in [0.5, 0.6) is 0 Å². The number of amides is 1. The lowest BCUT2D eigenvalue weighted by atomic mass is 9.94. The van der Waals surface area contributed by atoms with Crippen LogP contribution in [-0.2, 0) is 38.6 Å². The normalized spacial score (nSPS) is 15.5. The van der Waals surface area contributed by atoms with E-state index in [1.807, 2.05) is 24.3 Å². The second-order valence-corrected chi connectivity index (χ2v) is 6.46. The minimum atomic E-state index is -0.755. The average molecular weight is 383 g/mol. The van der Waals surface area contributed by atoms with Crippen LogP contribution in [0.3, 0.4) is 0 Å². The number of aliphatic hydroxyl groups excluding tert-OH is 1. The fraction of sp³-hybridized carbons (Fsp3) is 0.286. The molecule has 1 amide bonds. The lowest BCUT2D eigenvalue weighted by Crippen LogP contribution is -2.50. The smallest absolute Gasteiger partial charge is 0.338 e. The van der Waals surface area contributed by atoms with Crippen molar-refractivity contribution in [1.29, 1.82) is 0 Å². The summed E-state index contributed by atoms with van der Waals surface area (Å²) < 4.78 is 9.96. The molecule has 1 atom stereocenters. The van der Waals surface area contributed by atoms with E-state index in [4.69, 9.17) is 14.6 Å². The van der Waals surface area contributed by atoms with Gasteiger partial charge in [-0.1, -0.05) is 36.4 Å². The van der Waals surface area contributed by atoms with Crippen molar-refractivity contribution >= 4 is 17.8 Å². The summed E-state index contributed by atoms with van der Waals surface area (Å²) in [5, 5.41) is 9.04. The van der Waals surface area contributed by atoms with Crippen molar-refractivity contribution in [3.05, 3.63) is 70.8 Å². The minimum Gasteiger partial charge on any atom is -0.467 e. The van der Waals surface area contributed by atoms with E-state index < -0.39 is 30.5 Å². The summed E-state index contributed by atoms with van der Waals surface area (Å²) in [4.78, 5) is 38.4. The Labute approximate surface area is 162 Å². The third-order valence-electron chi connectivity index (χ3n) is 4.74. The van der Waals surface area contributed by atoms with Crippen LogP contribution >= 0.6 is 0 Å². The molecular weight excluding hydrogens is 362 g/mol. The average Bonchev–Trinajstić information content (AvgIpc) is 2.75. The van der Waals surface area contributed by atoms with Gasteiger partial charge in [0.1, 0.15) is 6.04 Å². The third kappa shape index (κ3) is 4.20. The molecule has 2 aromatic rings. The van der Waals surface area contributed by atoms with Crippen LogP contribution in [0.4, 0.5) is 0 Å². The molecule has 0 radical (unpaired) electrons. The van der Waals surface area contributed by atoms with Gasteiger partial charge in [-0.15, -0.1) is 0 Å². The van der Waals surface area contributed by atoms with Gasteiger partial charge in [0.15, 0.2) is 6.61 Å². The van der Waals surface area contributed by atoms with Crippen LogP contribution in [-0.4, -0.2) is 47.6 Å². The molecule has 0 aromatic heterocycles. The lowest BCUT2D eigenvalue weighted by Gasteiger charge is -2.35. The number of aliphatic hydroxyl groups is 1. The maximum atomic E-state index is 12.7. The number of carbonyl (C=O) groups excluding carboxylic acids is 3. The van der Waals surface area contributed by atoms with Crippen LogP contribution in [0.1, 0.15) is 27.0 Å². The predicted octanol–water partition coefficient (Wildman–Crippen LogP) is 1.46. The zero-order valence-electron chi connectivity index (χ0n) is 15.5. The molecule has 0 saturated carbocycles. The van der Waals surface area contributed by atoms with Gasteiger partial charge in [0.2, 0.25) is 0 Å². The number of ether oxygens (including phenoxy) is 2. The molecule has 146 valence electrons. The summed E-state index contributed by atoms with van der Waals surface area (Å²) in [7, 11) is 1.28. The SMILES string of the molecule is COC(=O)[C@H]1Cc2ccccc2CN1C(=O)COC(=O)c1ccc(CO)cc1. The summed E-state index contributed by atoms with van der Waals surface area (Å²) in [6.45, 7) is -0.354. The number of hydrogen-bond donors (Lipinski definition) is 1. The maximum absolute atomic E-state index is 12.7. The lowest BCUT2D eigenvalue weighted by molar-refractivity contribution is -0.155. The van der Waals surface area contributed by atoms with Gasteiger partial charge >= 0.3 is 11.9 Å². The molecular formula is C21H21NO6. The number of fused-ring (bicyclic) bond motifs is 1. The third-order valence-corrected chi connectivity index (χ3v) is 4.74. The van der Waals surface area contributed by atoms with E-state index >= 15 is 0 Å². The molecule has 0 saturated heterocycles. The van der Waals surface area contributed by atoms with E-state index in [1.165, 1.54) is 24.1 Å². The summed E-state index contributed by atoms with van der Waals surface area (Å²) in [5.41, 5.74) is 2.88. The Hall–Kier alpha value is -3.19. The first-order valence-electron chi connectivity index (χ1n) is 8.84. The zero-order chi connectivity index (χ0) is 20.1. The van der Waals surface area contributed by atoms with Crippen LogP contribution in [0, 0.1) is 0 Å². The van der Waals surface area contributed by atoms with Gasteiger partial charge in [-0.2, -0.15) is 0 Å². The highest BCUT2D eigenvalue weighted by Gasteiger charge is 2.35. The van der Waals surface area contributed by atoms with Crippen LogP contribution in [0.15, 0.2) is 48.5 Å². The van der Waals surface area contributed by atoms with Crippen molar-refractivity contribution in [2.45, 2.75) is 25.6 Å². The molecule has 0 unspecified atom stereocenters. The molecule has 0 aliphatic carbocycles. The highest BCUT2D eigenvalue weighted by atomic mass is 16.5. The monoisotopic (exact) mass is 383 g/mol. The Morgan fingerprint density at radius 3 is 2.39 bits per heavy atom. The summed E-state index contributed by atoms with van der Waals surface area (Å²) in [6.07, 6.45) is 0.352. The second-order valence-electron chi connectivity index (χ2n) is 6.46. The predicted molar refractivity (Wildman–Crippen MR) is 99.1 cm³/mol. The van der Waals surface area contributed by atoms with Crippen molar-refractivity contribution < 1.29 is 29.0 Å². The van der Waals surface area contributed by atoms with E-state index in [9.17, 15) is 14.4 Å². The summed E-state index contributed by atoms with van der Waals surface area (Å²) in [5.74, 6) is -1.62. The number of carbonyl (C=O) groups is 3. The van der Waals surface area contributed by atoms with Crippen LogP contribution < -0.4 is 0 Å². The molecule has 3 rings (SSSR count). The minimum absolute atomic E-state index is 0.126. The zero-order valence-corrected chi connectivity index (χ0v) is 15.5. The highest BCUT2D eigenvalue weighted by Crippen LogP contribution is 2.24. The van der Waals surface area contributed by atoms with Crippen molar-refractivity contribution in [1.82, 2.24) is 4.90 Å². The number of esters is 2. The first-order chi connectivity index (χ1) is 13.5. The van der Waals surface area contributed by atoms with Crippen molar-refractivity contribution in [3.63, 3.8) is 0 Å². The summed E-state index contributed by atoms with van der Waals surface area (Å²) in [6, 6.07) is 13.1. The van der Waals surface area contributed by atoms with Gasteiger partial charge in [-0.25, -0.2) is 9.59 Å². The first kappa shape index (κ1) is 19.6. The highest BCUT2D eigenvalue weighted by molar-refractivity contribution is 5.92. The second kappa shape index (κ2) is 8.67. The standard InChI is InChI=1S/C21H21NO6/c1-27-21(26)18-10-16-4-2-3-5-17(16)11-22(18)19(24)13-28-20(25)15-8-6-14(12-23)7-9-15/h2-9,18,23H,10-13H2,1H3/t18-/m1/s1. The van der Waals surface area contributed by atoms with Crippen LogP contribution in [0.2, 0.25) is 0 Å². The number of rotatable bonds is 5. The van der Waals surface area contributed by atoms with Crippen LogP contribution in [0.25, 0.3) is 0 Å². The fourth-order valence-electron chi connectivity index (χ4n) is 3.17. The summed E-state index contributed by atoms with van der Waals surface area (Å²) >= 11 is 0. The Kier molecular flexibility index (Phi) is 6.06. The van der Waals surface area contributed by atoms with Crippen molar-refractivity contribution in [2.75, 3.05) is 13.7 Å². The van der Waals surface area contributed by atoms with E-state index in [2.05, 4.69) is 0 Å². The number of nitrogens with zero attached hydrogens (tertiary/aromatic N) is 1. The van der Waals surface area contributed by atoms with E-state index in [0.29, 0.717) is 12.0 Å². The first-order valence-corrected chi connectivity index (χ1v) is 8.84. The molecule has 7 nitrogen and oxygen atoms in total. The van der Waals surface area contributed by atoms with Crippen molar-refractivity contribution in [3.8, 4) is 0 Å². The molecule has 2 aromatic carbocycles. The van der Waals surface area contributed by atoms with Gasteiger partial charge in [0.25, 0.3) is 5.91 Å². The molecule has 1 N–H and O–H groups in total. The topological polar surface area (TPSA) is 93.1 Å². The van der Waals surface area contributed by atoms with Gasteiger partial charge in [0.05, 0.1) is 19.3 Å². The van der Waals surface area contributed by atoms with Gasteiger partial charge in [0, 0.05) is 13.0 Å². The molecule has 28 heavy (non-hydrogen) atoms. The van der Waals surface area contributed by atoms with Gasteiger partial charge in [-0.05, 0) is 28.8 Å². The number of methoxy groups -OCH3 is 1. The Balaban J connectivity index is 1.69. The van der Waals surface area contributed by atoms with Gasteiger partial charge in [-0.3, -0.25) is 4.79 Å². The largest absolute Gasteiger partial charge is 0.467 e. The Bertz CT molecular complexity index is 877. The molecule has 1 heterocycles. The number of hydrogen-bond acceptors (Lipinski definition) is 6. The Morgan fingerprint density at radius 2 is 1.75 bits per heavy atom.